The van der Waals surface area contributed by atoms with E-state index >= 15 is 0 Å². The van der Waals surface area contributed by atoms with Crippen LogP contribution in [0.3, 0.4) is 0 Å². The Labute approximate surface area is 174 Å². The lowest BCUT2D eigenvalue weighted by atomic mass is 10.4. The van der Waals surface area contributed by atoms with Crippen molar-refractivity contribution in [3.8, 4) is 0 Å². The topological polar surface area (TPSA) is 58.5 Å². The van der Waals surface area contributed by atoms with Gasteiger partial charge in [-0.2, -0.15) is 26.3 Å². The van der Waals surface area contributed by atoms with Crippen LogP contribution in [0.2, 0.25) is 0 Å². The Kier molecular flexibility index (Phi) is 12.2. The highest BCUT2D eigenvalue weighted by Gasteiger charge is 2.33. The van der Waals surface area contributed by atoms with Crippen LogP contribution in [0, 0.1) is 0 Å². The minimum absolute atomic E-state index is 0. The van der Waals surface area contributed by atoms with Crippen molar-refractivity contribution >= 4 is 41.3 Å². The zero-order valence-electron chi connectivity index (χ0n) is 14.4. The molecule has 0 saturated carbocycles. The fourth-order valence-corrected chi connectivity index (χ4v) is 2.54. The Hall–Kier alpha value is -0.830. The predicted octanol–water partition coefficient (Wildman–Crippen LogP) is 3.85. The van der Waals surface area contributed by atoms with Gasteiger partial charge in [-0.05, 0) is 13.3 Å². The number of ether oxygens (including phenoxy) is 1. The Morgan fingerprint density at radius 2 is 1.93 bits per heavy atom. The van der Waals surface area contributed by atoms with E-state index in [0.717, 1.165) is 16.7 Å². The molecule has 27 heavy (non-hydrogen) atoms. The van der Waals surface area contributed by atoms with E-state index in [9.17, 15) is 26.3 Å². The molecule has 0 aliphatic heterocycles. The van der Waals surface area contributed by atoms with Gasteiger partial charge in [0.25, 0.3) is 0 Å². The third kappa shape index (κ3) is 12.3. The minimum Gasteiger partial charge on any atom is -0.372 e. The van der Waals surface area contributed by atoms with Crippen LogP contribution in [0.5, 0.6) is 0 Å². The number of aliphatic imine (C=N–C) groups is 1. The Bertz CT molecular complexity index is 565. The van der Waals surface area contributed by atoms with Gasteiger partial charge in [0.15, 0.2) is 11.7 Å². The van der Waals surface area contributed by atoms with Crippen molar-refractivity contribution < 1.29 is 31.1 Å². The van der Waals surface area contributed by atoms with Gasteiger partial charge in [0.2, 0.25) is 0 Å². The molecular formula is C14H21F6IN4OS. The molecule has 0 unspecified atom stereocenters. The number of aromatic nitrogens is 1. The fourth-order valence-electron chi connectivity index (χ4n) is 1.73. The highest BCUT2D eigenvalue weighted by Crippen LogP contribution is 2.29. The van der Waals surface area contributed by atoms with Crippen molar-refractivity contribution in [3.05, 3.63) is 16.1 Å². The van der Waals surface area contributed by atoms with Gasteiger partial charge >= 0.3 is 12.4 Å². The number of alkyl halides is 6. The van der Waals surface area contributed by atoms with Gasteiger partial charge in [0.05, 0.1) is 5.01 Å². The van der Waals surface area contributed by atoms with Crippen LogP contribution in [0.4, 0.5) is 26.3 Å². The molecule has 0 bridgehead atoms. The zero-order valence-corrected chi connectivity index (χ0v) is 17.6. The standard InChI is InChI=1S/C14H20F6N4OS.HI/c1-2-21-12(22-5-3-7-25-9-13(15,16)17)23-6-4-11-24-10(8-26-11)14(18,19)20;/h8H,2-7,9H2,1H3,(H2,21,22,23);1H. The lowest BCUT2D eigenvalue weighted by Crippen LogP contribution is -2.38. The number of hydrogen-bond acceptors (Lipinski definition) is 4. The lowest BCUT2D eigenvalue weighted by molar-refractivity contribution is -0.173. The SMILES string of the molecule is CCNC(=NCCCOCC(F)(F)F)NCCc1nc(C(F)(F)F)cs1.I. The summed E-state index contributed by atoms with van der Waals surface area (Å²) in [6, 6.07) is 0. The van der Waals surface area contributed by atoms with Crippen molar-refractivity contribution in [1.82, 2.24) is 15.6 Å². The molecule has 5 nitrogen and oxygen atoms in total. The molecular weight excluding hydrogens is 513 g/mol. The maximum absolute atomic E-state index is 12.5. The molecule has 0 spiro atoms. The van der Waals surface area contributed by atoms with Gasteiger partial charge in [-0.25, -0.2) is 4.98 Å². The summed E-state index contributed by atoms with van der Waals surface area (Å²) in [5.74, 6) is 0.427. The second-order valence-corrected chi connectivity index (χ2v) is 6.03. The molecule has 0 aliphatic carbocycles. The molecule has 13 heteroatoms. The minimum atomic E-state index is -4.45. The lowest BCUT2D eigenvalue weighted by Gasteiger charge is -2.11. The summed E-state index contributed by atoms with van der Waals surface area (Å²) in [7, 11) is 0. The summed E-state index contributed by atoms with van der Waals surface area (Å²) in [4.78, 5) is 7.68. The quantitative estimate of drug-likeness (QED) is 0.166. The number of rotatable bonds is 9. The number of halogens is 7. The van der Waals surface area contributed by atoms with Gasteiger partial charge < -0.3 is 15.4 Å². The summed E-state index contributed by atoms with van der Waals surface area (Å²) in [6.07, 6.45) is -8.19. The second-order valence-electron chi connectivity index (χ2n) is 5.08. The average Bonchev–Trinajstić information content (AvgIpc) is 2.98. The number of nitrogens with zero attached hydrogens (tertiary/aromatic N) is 2. The maximum Gasteiger partial charge on any atom is 0.434 e. The molecule has 158 valence electrons. The number of hydrogen-bond donors (Lipinski definition) is 2. The first kappa shape index (κ1) is 26.2. The Morgan fingerprint density at radius 3 is 2.48 bits per heavy atom. The molecule has 2 N–H and O–H groups in total. The van der Waals surface area contributed by atoms with Crippen molar-refractivity contribution in [2.24, 2.45) is 4.99 Å². The highest BCUT2D eigenvalue weighted by atomic mass is 127. The third-order valence-electron chi connectivity index (χ3n) is 2.80. The van der Waals surface area contributed by atoms with E-state index in [-0.39, 0.29) is 37.1 Å². The van der Waals surface area contributed by atoms with Gasteiger partial charge in [-0.3, -0.25) is 4.99 Å². The molecule has 1 aromatic rings. The van der Waals surface area contributed by atoms with Crippen LogP contribution in [0.25, 0.3) is 0 Å². The summed E-state index contributed by atoms with van der Waals surface area (Å²) in [6.45, 7) is 1.61. The van der Waals surface area contributed by atoms with Crippen LogP contribution < -0.4 is 10.6 Å². The second kappa shape index (κ2) is 12.6. The van der Waals surface area contributed by atoms with Gasteiger partial charge in [0, 0.05) is 38.0 Å². The van der Waals surface area contributed by atoms with Crippen molar-refractivity contribution in [2.75, 3.05) is 32.8 Å². The van der Waals surface area contributed by atoms with Gasteiger partial charge in [-0.1, -0.05) is 0 Å². The first-order valence-electron chi connectivity index (χ1n) is 7.80. The number of thiazole rings is 1. The van der Waals surface area contributed by atoms with Gasteiger partial charge in [0.1, 0.15) is 6.61 Å². The summed E-state index contributed by atoms with van der Waals surface area (Å²) >= 11 is 0.931. The van der Waals surface area contributed by atoms with Crippen LogP contribution >= 0.6 is 35.3 Å². The van der Waals surface area contributed by atoms with E-state index in [1.807, 2.05) is 6.92 Å². The highest BCUT2D eigenvalue weighted by molar-refractivity contribution is 14.0. The number of nitrogens with one attached hydrogen (secondary N) is 2. The van der Waals surface area contributed by atoms with Gasteiger partial charge in [-0.15, -0.1) is 35.3 Å². The zero-order chi connectivity index (χ0) is 19.6. The van der Waals surface area contributed by atoms with E-state index in [4.69, 9.17) is 0 Å². The van der Waals surface area contributed by atoms with Crippen LogP contribution in [0.15, 0.2) is 10.4 Å². The van der Waals surface area contributed by atoms with E-state index in [1.54, 1.807) is 0 Å². The Balaban J connectivity index is 0.00000676. The fraction of sp³-hybridized carbons (Fsp3) is 0.714. The molecule has 1 aromatic heterocycles. The molecule has 0 saturated heterocycles. The first-order valence-corrected chi connectivity index (χ1v) is 8.68. The number of guanidine groups is 1. The van der Waals surface area contributed by atoms with Crippen LogP contribution in [-0.2, 0) is 17.3 Å². The molecule has 0 amide bonds. The van der Waals surface area contributed by atoms with Crippen molar-refractivity contribution in [1.29, 1.82) is 0 Å². The van der Waals surface area contributed by atoms with E-state index < -0.39 is 24.7 Å². The normalized spacial score (nSPS) is 12.6. The molecule has 0 radical (unpaired) electrons. The molecule has 1 heterocycles. The first-order chi connectivity index (χ1) is 12.1. The molecule has 1 rings (SSSR count). The third-order valence-corrected chi connectivity index (χ3v) is 3.71. The molecule has 0 atom stereocenters. The van der Waals surface area contributed by atoms with Crippen molar-refractivity contribution in [3.63, 3.8) is 0 Å². The smallest absolute Gasteiger partial charge is 0.372 e. The van der Waals surface area contributed by atoms with Crippen LogP contribution in [-0.4, -0.2) is 50.0 Å². The van der Waals surface area contributed by atoms with E-state index in [1.165, 1.54) is 0 Å². The molecule has 0 aliphatic rings. The summed E-state index contributed by atoms with van der Waals surface area (Å²) < 4.78 is 77.6. The monoisotopic (exact) mass is 534 g/mol. The predicted molar refractivity (Wildman–Crippen MR) is 102 cm³/mol. The Morgan fingerprint density at radius 1 is 1.22 bits per heavy atom. The van der Waals surface area contributed by atoms with Crippen LogP contribution in [0.1, 0.15) is 24.0 Å². The summed E-state index contributed by atoms with van der Waals surface area (Å²) in [5, 5.41) is 7.19. The largest absolute Gasteiger partial charge is 0.434 e. The average molecular weight is 534 g/mol. The van der Waals surface area contributed by atoms with E-state index in [0.29, 0.717) is 36.9 Å². The van der Waals surface area contributed by atoms with E-state index in [2.05, 4.69) is 25.3 Å². The van der Waals surface area contributed by atoms with Crippen molar-refractivity contribution in [2.45, 2.75) is 32.1 Å². The maximum atomic E-state index is 12.5. The molecule has 0 aromatic carbocycles. The molecule has 0 fully saturated rings. The summed E-state index contributed by atoms with van der Waals surface area (Å²) in [5.41, 5.74) is -0.906.